The monoisotopic (exact) mass is 147 g/mol. The van der Waals surface area contributed by atoms with Gasteiger partial charge in [0.25, 0.3) is 0 Å². The molecule has 1 heterocycles. The van der Waals surface area contributed by atoms with Crippen molar-refractivity contribution >= 4 is 14.8 Å². The topological polar surface area (TPSA) is 8.81 Å². The van der Waals surface area contributed by atoms with Crippen LogP contribution in [0.5, 0.6) is 0 Å². The van der Waals surface area contributed by atoms with E-state index in [1.54, 1.807) is 0 Å². The summed E-state index contributed by atoms with van der Waals surface area (Å²) >= 11 is 0. The summed E-state index contributed by atoms with van der Waals surface area (Å²) < 4.78 is 4.15. The molecule has 0 unspecified atom stereocenters. The first-order valence-corrected chi connectivity index (χ1v) is 4.11. The fourth-order valence-electron chi connectivity index (χ4n) is 1.02. The van der Waals surface area contributed by atoms with Gasteiger partial charge < -0.3 is 8.96 Å². The zero-order valence-corrected chi connectivity index (χ0v) is 7.20. The quantitative estimate of drug-likeness (QED) is 0.550. The van der Waals surface area contributed by atoms with Gasteiger partial charge in [-0.15, -0.1) is 0 Å². The summed E-state index contributed by atoms with van der Waals surface area (Å²) in [6, 6.07) is 0. The molecule has 4 radical (unpaired) electrons. The van der Waals surface area contributed by atoms with E-state index in [0.717, 1.165) is 12.6 Å². The molecule has 1 aromatic heterocycles. The molecule has 1 aromatic rings. The lowest BCUT2D eigenvalue weighted by Gasteiger charge is -2.09. The van der Waals surface area contributed by atoms with Gasteiger partial charge in [-0.1, -0.05) is 28.7 Å². The second kappa shape index (κ2) is 4.27. The second-order valence-corrected chi connectivity index (χ2v) is 2.49. The molecule has 0 amide bonds. The summed E-state index contributed by atoms with van der Waals surface area (Å²) in [5, 5.41) is 0. The summed E-state index contributed by atoms with van der Waals surface area (Å²) in [5.74, 6) is 0. The first kappa shape index (κ1) is 8.44. The van der Waals surface area contributed by atoms with E-state index < -0.39 is 0 Å². The molecule has 1 rings (SSSR count). The van der Waals surface area contributed by atoms with Crippen molar-refractivity contribution in [2.75, 3.05) is 0 Å². The molecule has 58 valence electrons. The molecule has 0 aliphatic rings. The van der Waals surface area contributed by atoms with Crippen LogP contribution in [0.1, 0.15) is 13.8 Å². The molecule has 0 aliphatic carbocycles. The van der Waals surface area contributed by atoms with Gasteiger partial charge in [0.2, 0.25) is 0 Å². The Hall–Kier alpha value is -0.660. The first-order chi connectivity index (χ1) is 5.36. The number of imidazole rings is 1. The third-order valence-corrected chi connectivity index (χ3v) is 1.46. The normalized spacial score (nSPS) is 10.4. The van der Waals surface area contributed by atoms with Gasteiger partial charge in [-0.3, -0.25) is 0 Å². The molecule has 4 heteroatoms. The van der Waals surface area contributed by atoms with E-state index in [2.05, 4.69) is 56.4 Å². The summed E-state index contributed by atoms with van der Waals surface area (Å²) in [6.07, 6.45) is 8.31. The van der Waals surface area contributed by atoms with E-state index in [9.17, 15) is 0 Å². The summed E-state index contributed by atoms with van der Waals surface area (Å²) in [7, 11) is 4.28. The minimum absolute atomic E-state index is 1.07. The fraction of sp³-hybridized carbons (Fsp3) is 0.571. The van der Waals surface area contributed by atoms with Crippen molar-refractivity contribution in [3.8, 4) is 0 Å². The Morgan fingerprint density at radius 3 is 2.82 bits per heavy atom. The molecular weight excluding hydrogens is 134 g/mol. The summed E-state index contributed by atoms with van der Waals surface area (Å²) in [6.45, 7) is 4.27. The Kier molecular flexibility index (Phi) is 3.27. The zero-order chi connectivity index (χ0) is 8.10. The maximum absolute atomic E-state index is 2.14. The van der Waals surface area contributed by atoms with Crippen LogP contribution < -0.4 is 4.48 Å². The van der Waals surface area contributed by atoms with Gasteiger partial charge in [0, 0.05) is 0 Å². The van der Waals surface area contributed by atoms with Crippen molar-refractivity contribution in [1.82, 2.24) is 4.48 Å². The van der Waals surface area contributed by atoms with Crippen molar-refractivity contribution in [3.05, 3.63) is 18.7 Å². The van der Waals surface area contributed by atoms with E-state index in [1.807, 2.05) is 0 Å². The van der Waals surface area contributed by atoms with Crippen LogP contribution in [0.3, 0.4) is 0 Å². The van der Waals surface area contributed by atoms with Crippen LogP contribution in [0, 0.1) is 0 Å². The highest BCUT2D eigenvalue weighted by Gasteiger charge is 1.83. The number of hydrogen-bond acceptors (Lipinski definition) is 0. The van der Waals surface area contributed by atoms with Crippen molar-refractivity contribution in [3.63, 3.8) is 0 Å². The van der Waals surface area contributed by atoms with Crippen LogP contribution in [0.25, 0.3) is 0 Å². The van der Waals surface area contributed by atoms with E-state index in [1.165, 1.54) is 0 Å². The molecule has 0 bridgehead atoms. The third-order valence-electron chi connectivity index (χ3n) is 1.46. The lowest BCUT2D eigenvalue weighted by atomic mass is 9.90. The lowest BCUT2D eigenvalue weighted by molar-refractivity contribution is -0.528. The van der Waals surface area contributed by atoms with Crippen LogP contribution in [0.15, 0.2) is 18.7 Å². The van der Waals surface area contributed by atoms with E-state index >= 15 is 0 Å². The molecule has 0 aliphatic heterocycles. The Bertz CT molecular complexity index is 189. The van der Waals surface area contributed by atoms with Crippen molar-refractivity contribution < 1.29 is 4.48 Å². The molecule has 0 atom stereocenters. The summed E-state index contributed by atoms with van der Waals surface area (Å²) in [4.78, 5) is 0. The molecule has 11 heavy (non-hydrogen) atoms. The molecule has 0 saturated heterocycles. The van der Waals surface area contributed by atoms with Gasteiger partial charge in [0.15, 0.2) is 0 Å². The predicted molar refractivity (Wildman–Crippen MR) is 47.9 cm³/mol. The number of nitrogens with zero attached hydrogens (tertiary/aromatic N) is 2. The zero-order valence-electron chi connectivity index (χ0n) is 7.20. The molecule has 0 spiro atoms. The van der Waals surface area contributed by atoms with E-state index in [4.69, 9.17) is 0 Å². The second-order valence-electron chi connectivity index (χ2n) is 2.49. The maximum Gasteiger partial charge on any atom is 0.139 e. The Morgan fingerprint density at radius 2 is 2.18 bits per heavy atom. The van der Waals surface area contributed by atoms with E-state index in [-0.39, 0.29) is 0 Å². The first-order valence-electron chi connectivity index (χ1n) is 4.11. The van der Waals surface area contributed by atoms with Crippen LogP contribution >= 0.6 is 0 Å². The van der Waals surface area contributed by atoms with E-state index in [0.29, 0.717) is 0 Å². The van der Waals surface area contributed by atoms with Gasteiger partial charge in [0.05, 0.1) is 12.4 Å². The number of hydrogen-bond donors (Lipinski definition) is 0. The van der Waals surface area contributed by atoms with Gasteiger partial charge in [-0.25, -0.2) is 0 Å². The molecule has 0 saturated carbocycles. The Labute approximate surface area is 69.8 Å². The van der Waals surface area contributed by atoms with Gasteiger partial charge in [-0.2, -0.15) is 12.6 Å². The highest BCUT2D eigenvalue weighted by molar-refractivity contribution is 6.33. The smallest absolute Gasteiger partial charge is 0.139 e. The van der Waals surface area contributed by atoms with Crippen molar-refractivity contribution in [1.29, 1.82) is 0 Å². The summed E-state index contributed by atoms with van der Waals surface area (Å²) in [5.41, 5.74) is 0. The minimum Gasteiger partial charge on any atom is -0.500 e. The van der Waals surface area contributed by atoms with Gasteiger partial charge in [0.1, 0.15) is 6.33 Å². The molecular formula is C7H13B2N2-. The van der Waals surface area contributed by atoms with Crippen LogP contribution in [0.4, 0.5) is 0 Å². The molecule has 2 nitrogen and oxygen atoms in total. The van der Waals surface area contributed by atoms with Crippen molar-refractivity contribution in [2.45, 2.75) is 26.5 Å². The average molecular weight is 147 g/mol. The van der Waals surface area contributed by atoms with Gasteiger partial charge in [-0.05, 0) is 0 Å². The molecule has 0 N–H and O–H groups in total. The molecule has 0 fully saturated rings. The predicted octanol–water partition coefficient (Wildman–Crippen LogP) is 0.587. The largest absolute Gasteiger partial charge is 0.500 e. The Morgan fingerprint density at radius 1 is 1.36 bits per heavy atom. The SMILES string of the molecule is CC[B-]n1cc[n+]([B-]CC)c1. The van der Waals surface area contributed by atoms with Crippen LogP contribution in [-0.4, -0.2) is 19.3 Å². The standard InChI is InChI=1S/C7H13B2N2/c1-3-8-10-5-6-11(7-10)9-4-2/h5-7H,3-4H2,1-2H3/q-1. The van der Waals surface area contributed by atoms with Gasteiger partial charge >= 0.3 is 0 Å². The Balaban J connectivity index is 2.51. The van der Waals surface area contributed by atoms with Crippen LogP contribution in [-0.2, 0) is 0 Å². The fourth-order valence-corrected chi connectivity index (χ4v) is 1.02. The van der Waals surface area contributed by atoms with Crippen molar-refractivity contribution in [2.24, 2.45) is 0 Å². The third kappa shape index (κ3) is 2.45. The average Bonchev–Trinajstić information content (AvgIpc) is 2.38. The highest BCUT2D eigenvalue weighted by atomic mass is 15.0. The number of rotatable bonds is 4. The van der Waals surface area contributed by atoms with Crippen LogP contribution in [0.2, 0.25) is 12.6 Å². The lowest BCUT2D eigenvalue weighted by Crippen LogP contribution is -2.37. The maximum atomic E-state index is 2.14. The minimum atomic E-state index is 1.07. The number of aromatic nitrogens is 2. The molecule has 0 aromatic carbocycles. The highest BCUT2D eigenvalue weighted by Crippen LogP contribution is 1.82.